The van der Waals surface area contributed by atoms with E-state index in [9.17, 15) is 9.59 Å². The Morgan fingerprint density at radius 2 is 1.14 bits per heavy atom. The first-order chi connectivity index (χ1) is 17.7. The van der Waals surface area contributed by atoms with E-state index in [-0.39, 0.29) is 5.56 Å². The second-order valence-corrected chi connectivity index (χ2v) is 10.2. The van der Waals surface area contributed by atoms with E-state index in [0.29, 0.717) is 24.6 Å². The summed E-state index contributed by atoms with van der Waals surface area (Å²) in [7, 11) is 0. The summed E-state index contributed by atoms with van der Waals surface area (Å²) in [5, 5.41) is 0. The van der Waals surface area contributed by atoms with Gasteiger partial charge in [0.25, 0.3) is 5.56 Å². The minimum Gasteiger partial charge on any atom is -0.322 e. The molecule has 0 radical (unpaired) electrons. The van der Waals surface area contributed by atoms with Crippen LogP contribution in [0.1, 0.15) is 117 Å². The van der Waals surface area contributed by atoms with Crippen LogP contribution in [0.3, 0.4) is 0 Å². The molecule has 0 amide bonds. The number of benzene rings is 1. The van der Waals surface area contributed by atoms with Crippen LogP contribution in [0.2, 0.25) is 0 Å². The van der Waals surface area contributed by atoms with E-state index in [1.165, 1.54) is 75.2 Å². The van der Waals surface area contributed by atoms with Crippen LogP contribution in [0.4, 0.5) is 0 Å². The summed E-state index contributed by atoms with van der Waals surface area (Å²) in [6.07, 6.45) is 19.8. The zero-order chi connectivity index (χ0) is 25.6. The number of rotatable bonds is 18. The molecule has 6 nitrogen and oxygen atoms in total. The van der Waals surface area contributed by atoms with Gasteiger partial charge in [-0.25, -0.2) is 9.78 Å². The van der Waals surface area contributed by atoms with E-state index >= 15 is 0 Å². The van der Waals surface area contributed by atoms with Gasteiger partial charge in [-0.05, 0) is 25.0 Å². The lowest BCUT2D eigenvalue weighted by atomic mass is 10.0. The first kappa shape index (κ1) is 28.1. The number of hydrogen-bond donors (Lipinski definition) is 0. The lowest BCUT2D eigenvalue weighted by molar-refractivity contribution is 0.513. The number of para-hydroxylation sites is 2. The first-order valence-electron chi connectivity index (χ1n) is 14.6. The van der Waals surface area contributed by atoms with Crippen molar-refractivity contribution in [1.82, 2.24) is 19.1 Å². The molecule has 0 atom stereocenters. The molecular weight excluding hydrogens is 448 g/mol. The highest BCUT2D eigenvalue weighted by Crippen LogP contribution is 2.21. The summed E-state index contributed by atoms with van der Waals surface area (Å²) in [5.41, 5.74) is 1.21. The van der Waals surface area contributed by atoms with Crippen LogP contribution in [0.15, 0.2) is 33.9 Å². The lowest BCUT2D eigenvalue weighted by Gasteiger charge is -2.17. The highest BCUT2D eigenvalue weighted by Gasteiger charge is 2.21. The number of hydrogen-bond acceptors (Lipinski definition) is 4. The minimum atomic E-state index is -0.454. The lowest BCUT2D eigenvalue weighted by Crippen LogP contribution is -2.38. The Bertz CT molecular complexity index is 1130. The van der Waals surface area contributed by atoms with E-state index in [2.05, 4.69) is 23.8 Å². The third kappa shape index (κ3) is 8.01. The third-order valence-corrected chi connectivity index (χ3v) is 7.22. The Balaban J connectivity index is 1.48. The molecule has 2 aliphatic heterocycles. The monoisotopic (exact) mass is 494 g/mol. The molecule has 36 heavy (non-hydrogen) atoms. The van der Waals surface area contributed by atoms with Crippen LogP contribution in [0, 0.1) is 0 Å². The second kappa shape index (κ2) is 15.6. The Morgan fingerprint density at radius 1 is 0.611 bits per heavy atom. The quantitative estimate of drug-likeness (QED) is 0.137. The Hall–Kier alpha value is -2.50. The normalized spacial score (nSPS) is 11.6. The van der Waals surface area contributed by atoms with Gasteiger partial charge in [-0.15, -0.1) is 0 Å². The van der Waals surface area contributed by atoms with E-state index in [0.717, 1.165) is 43.1 Å². The SMILES string of the molecule is CCCCCCCCCCCCCCCCn1c(=O)nc2n(CCCC)c3ccccc3nc-2c1=O. The fourth-order valence-electron chi connectivity index (χ4n) is 5.03. The molecule has 2 aliphatic rings. The molecule has 1 aromatic rings. The molecular formula is C30H46N4O2. The fourth-order valence-corrected chi connectivity index (χ4v) is 5.03. The molecule has 0 unspecified atom stereocenters. The number of fused-ring (bicyclic) bond motifs is 2. The summed E-state index contributed by atoms with van der Waals surface area (Å²) in [6.45, 7) is 5.53. The van der Waals surface area contributed by atoms with Crippen molar-refractivity contribution in [2.24, 2.45) is 0 Å². The third-order valence-electron chi connectivity index (χ3n) is 7.22. The van der Waals surface area contributed by atoms with Gasteiger partial charge in [-0.1, -0.05) is 116 Å². The van der Waals surface area contributed by atoms with Crippen LogP contribution < -0.4 is 11.2 Å². The van der Waals surface area contributed by atoms with Crippen molar-refractivity contribution < 1.29 is 0 Å². The van der Waals surface area contributed by atoms with Crippen molar-refractivity contribution in [3.63, 3.8) is 0 Å². The zero-order valence-electron chi connectivity index (χ0n) is 22.6. The van der Waals surface area contributed by atoms with Gasteiger partial charge in [-0.3, -0.25) is 9.36 Å². The predicted octanol–water partition coefficient (Wildman–Crippen LogP) is 7.34. The van der Waals surface area contributed by atoms with Gasteiger partial charge >= 0.3 is 5.69 Å². The highest BCUT2D eigenvalue weighted by atomic mass is 16.2. The molecule has 1 aromatic carbocycles. The summed E-state index contributed by atoms with van der Waals surface area (Å²) in [4.78, 5) is 35.0. The molecule has 3 rings (SSSR count). The number of aromatic nitrogens is 4. The van der Waals surface area contributed by atoms with E-state index in [4.69, 9.17) is 0 Å². The molecule has 6 heteroatoms. The molecule has 0 aliphatic carbocycles. The maximum absolute atomic E-state index is 13.2. The molecule has 0 saturated heterocycles. The van der Waals surface area contributed by atoms with Crippen molar-refractivity contribution in [1.29, 1.82) is 0 Å². The van der Waals surface area contributed by atoms with Crippen LogP contribution in [0.5, 0.6) is 0 Å². The van der Waals surface area contributed by atoms with E-state index in [1.54, 1.807) is 0 Å². The van der Waals surface area contributed by atoms with Gasteiger partial charge in [0.1, 0.15) is 0 Å². The molecule has 0 saturated carbocycles. The zero-order valence-corrected chi connectivity index (χ0v) is 22.6. The van der Waals surface area contributed by atoms with Crippen molar-refractivity contribution in [3.8, 4) is 11.5 Å². The molecule has 0 N–H and O–H groups in total. The van der Waals surface area contributed by atoms with Gasteiger partial charge in [-0.2, -0.15) is 4.98 Å². The van der Waals surface area contributed by atoms with Crippen LogP contribution in [0.25, 0.3) is 22.6 Å². The summed E-state index contributed by atoms with van der Waals surface area (Å²) < 4.78 is 3.27. The molecule has 198 valence electrons. The summed E-state index contributed by atoms with van der Waals surface area (Å²) in [6, 6.07) is 7.77. The van der Waals surface area contributed by atoms with Crippen LogP contribution in [-0.4, -0.2) is 19.1 Å². The highest BCUT2D eigenvalue weighted by molar-refractivity contribution is 5.79. The van der Waals surface area contributed by atoms with Crippen molar-refractivity contribution in [3.05, 3.63) is 45.1 Å². The predicted molar refractivity (Wildman–Crippen MR) is 150 cm³/mol. The van der Waals surface area contributed by atoms with Crippen LogP contribution in [-0.2, 0) is 13.1 Å². The van der Waals surface area contributed by atoms with E-state index in [1.807, 2.05) is 28.8 Å². The first-order valence-corrected chi connectivity index (χ1v) is 14.6. The van der Waals surface area contributed by atoms with Crippen molar-refractivity contribution in [2.45, 2.75) is 130 Å². The molecule has 0 bridgehead atoms. The molecule has 0 fully saturated rings. The average molecular weight is 495 g/mol. The molecule has 2 heterocycles. The van der Waals surface area contributed by atoms with E-state index < -0.39 is 5.69 Å². The summed E-state index contributed by atoms with van der Waals surface area (Å²) in [5.74, 6) is 0.411. The average Bonchev–Trinajstić information content (AvgIpc) is 2.89. The van der Waals surface area contributed by atoms with Gasteiger partial charge < -0.3 is 4.57 Å². The van der Waals surface area contributed by atoms with Crippen molar-refractivity contribution >= 4 is 11.0 Å². The number of unbranched alkanes of at least 4 members (excludes halogenated alkanes) is 14. The van der Waals surface area contributed by atoms with Gasteiger partial charge in [0.05, 0.1) is 11.0 Å². The standard InChI is InChI=1S/C30H46N4O2/c1-3-5-7-8-9-10-11-12-13-14-15-16-17-20-24-34-29(35)27-28(32-30(34)36)33(23-6-4-2)26-22-19-18-21-25(26)31-27/h18-19,21-22H,3-17,20,23-24H2,1-2H3. The Labute approximate surface area is 216 Å². The maximum Gasteiger partial charge on any atom is 0.352 e. The van der Waals surface area contributed by atoms with Crippen molar-refractivity contribution in [2.75, 3.05) is 0 Å². The molecule has 0 spiro atoms. The maximum atomic E-state index is 13.2. The van der Waals surface area contributed by atoms with Crippen LogP contribution >= 0.6 is 0 Å². The Morgan fingerprint density at radius 3 is 1.75 bits per heavy atom. The van der Waals surface area contributed by atoms with Gasteiger partial charge in [0.15, 0.2) is 11.5 Å². The fraction of sp³-hybridized carbons (Fsp3) is 0.667. The van der Waals surface area contributed by atoms with Gasteiger partial charge in [0, 0.05) is 13.1 Å². The minimum absolute atomic E-state index is 0.301. The smallest absolute Gasteiger partial charge is 0.322 e. The second-order valence-electron chi connectivity index (χ2n) is 10.2. The number of aryl methyl sites for hydroxylation is 1. The number of nitrogens with zero attached hydrogens (tertiary/aromatic N) is 4. The summed E-state index contributed by atoms with van der Waals surface area (Å²) >= 11 is 0. The topological polar surface area (TPSA) is 69.8 Å². The Kier molecular flexibility index (Phi) is 12.1. The molecule has 0 aromatic heterocycles. The largest absolute Gasteiger partial charge is 0.352 e. The van der Waals surface area contributed by atoms with Gasteiger partial charge in [0.2, 0.25) is 0 Å².